The molecule has 1 rings (SSSR count). The second-order valence-corrected chi connectivity index (χ2v) is 8.87. The third kappa shape index (κ3) is 8.26. The summed E-state index contributed by atoms with van der Waals surface area (Å²) in [6, 6.07) is 4.82. The van der Waals surface area contributed by atoms with Crippen LogP contribution in [0, 0.1) is 25.2 Å². The van der Waals surface area contributed by atoms with Crippen molar-refractivity contribution in [2.75, 3.05) is 26.0 Å². The summed E-state index contributed by atoms with van der Waals surface area (Å²) < 4.78 is 9.79. The SMILES string of the molecule is COC(=O)CNC(=O)C(c1c(C)cccc1C)N(CC#N)C(=O)C(CS)NC(=O)OC(C)(C)C. The van der Waals surface area contributed by atoms with E-state index in [1.165, 1.54) is 7.11 Å². The molecule has 0 fully saturated rings. The molecule has 0 aliphatic rings. The normalized spacial score (nSPS) is 12.5. The highest BCUT2D eigenvalue weighted by molar-refractivity contribution is 7.80. The molecular weight excluding hydrogens is 460 g/mol. The maximum absolute atomic E-state index is 13.5. The van der Waals surface area contributed by atoms with Gasteiger partial charge in [0.05, 0.1) is 13.2 Å². The molecule has 0 radical (unpaired) electrons. The summed E-state index contributed by atoms with van der Waals surface area (Å²) in [5.41, 5.74) is 1.12. The molecule has 1 aromatic rings. The van der Waals surface area contributed by atoms with Gasteiger partial charge < -0.3 is 25.0 Å². The van der Waals surface area contributed by atoms with Gasteiger partial charge in [-0.2, -0.15) is 17.9 Å². The minimum Gasteiger partial charge on any atom is -0.468 e. The number of nitrogens with one attached hydrogen (secondary N) is 2. The van der Waals surface area contributed by atoms with Crippen LogP contribution in [0.4, 0.5) is 4.79 Å². The van der Waals surface area contributed by atoms with E-state index in [4.69, 9.17) is 4.74 Å². The molecule has 10 nitrogen and oxygen atoms in total. The highest BCUT2D eigenvalue weighted by Crippen LogP contribution is 2.28. The first-order valence-corrected chi connectivity index (χ1v) is 11.2. The van der Waals surface area contributed by atoms with Crippen molar-refractivity contribution in [3.8, 4) is 6.07 Å². The molecular formula is C23H32N4O6S. The Morgan fingerprint density at radius 1 is 1.18 bits per heavy atom. The molecule has 0 aromatic heterocycles. The predicted octanol–water partition coefficient (Wildman–Crippen LogP) is 1.81. The van der Waals surface area contributed by atoms with Crippen molar-refractivity contribution in [3.05, 3.63) is 34.9 Å². The number of esters is 1. The first-order chi connectivity index (χ1) is 15.9. The molecule has 0 saturated carbocycles. The zero-order chi connectivity index (χ0) is 26.1. The van der Waals surface area contributed by atoms with Crippen molar-refractivity contribution in [3.63, 3.8) is 0 Å². The number of alkyl carbamates (subject to hydrolysis) is 1. The fraction of sp³-hybridized carbons (Fsp3) is 0.522. The van der Waals surface area contributed by atoms with Crippen LogP contribution in [0.25, 0.3) is 0 Å². The van der Waals surface area contributed by atoms with Gasteiger partial charge in [-0.15, -0.1) is 0 Å². The fourth-order valence-corrected chi connectivity index (χ4v) is 3.47. The maximum atomic E-state index is 13.5. The van der Waals surface area contributed by atoms with E-state index in [1.807, 2.05) is 6.07 Å². The van der Waals surface area contributed by atoms with Gasteiger partial charge in [0.2, 0.25) is 11.8 Å². The second-order valence-electron chi connectivity index (χ2n) is 8.51. The van der Waals surface area contributed by atoms with Crippen molar-refractivity contribution in [1.29, 1.82) is 5.26 Å². The van der Waals surface area contributed by atoms with Crippen LogP contribution in [0.5, 0.6) is 0 Å². The maximum Gasteiger partial charge on any atom is 0.408 e. The van der Waals surface area contributed by atoms with Crippen LogP contribution in [0.1, 0.15) is 43.5 Å². The number of benzene rings is 1. The summed E-state index contributed by atoms with van der Waals surface area (Å²) in [5, 5.41) is 14.4. The zero-order valence-electron chi connectivity index (χ0n) is 20.3. The lowest BCUT2D eigenvalue weighted by Crippen LogP contribution is -2.54. The fourth-order valence-electron chi connectivity index (χ4n) is 3.22. The minimum atomic E-state index is -1.25. The van der Waals surface area contributed by atoms with Gasteiger partial charge in [0.1, 0.15) is 30.8 Å². The van der Waals surface area contributed by atoms with Gasteiger partial charge in [0, 0.05) is 5.75 Å². The molecule has 0 saturated heterocycles. The van der Waals surface area contributed by atoms with Crippen molar-refractivity contribution < 1.29 is 28.7 Å². The highest BCUT2D eigenvalue weighted by Gasteiger charge is 2.37. The molecule has 11 heteroatoms. The third-order valence-electron chi connectivity index (χ3n) is 4.71. The molecule has 3 amide bonds. The van der Waals surface area contributed by atoms with E-state index in [1.54, 1.807) is 52.8 Å². The molecule has 0 aliphatic heterocycles. The summed E-state index contributed by atoms with van der Waals surface area (Å²) in [4.78, 5) is 51.7. The molecule has 2 atom stereocenters. The Kier molecular flexibility index (Phi) is 10.9. The van der Waals surface area contributed by atoms with Gasteiger partial charge in [-0.1, -0.05) is 18.2 Å². The number of hydrogen-bond acceptors (Lipinski definition) is 8. The van der Waals surface area contributed by atoms with Gasteiger partial charge in [0.25, 0.3) is 0 Å². The lowest BCUT2D eigenvalue weighted by molar-refractivity contribution is -0.144. The molecule has 0 spiro atoms. The standard InChI is InChI=1S/C23H32N4O6S/c1-14-8-7-9-15(2)18(14)19(20(29)25-12-17(28)32-6)27(11-10-24)21(30)16(13-34)26-22(31)33-23(3,4)5/h7-9,16,19,34H,11-13H2,1-6H3,(H,25,29)(H,26,31). The summed E-state index contributed by atoms with van der Waals surface area (Å²) >= 11 is 4.17. The molecule has 2 N–H and O–H groups in total. The number of thiol groups is 1. The Hall–Kier alpha value is -3.26. The molecule has 0 bridgehead atoms. The third-order valence-corrected chi connectivity index (χ3v) is 5.07. The Morgan fingerprint density at radius 2 is 1.76 bits per heavy atom. The van der Waals surface area contributed by atoms with Gasteiger partial charge in [0.15, 0.2) is 0 Å². The van der Waals surface area contributed by atoms with Gasteiger partial charge >= 0.3 is 12.1 Å². The monoisotopic (exact) mass is 492 g/mol. The zero-order valence-corrected chi connectivity index (χ0v) is 21.2. The van der Waals surface area contributed by atoms with Gasteiger partial charge in [-0.3, -0.25) is 14.4 Å². The summed E-state index contributed by atoms with van der Waals surface area (Å²) in [6.45, 7) is 7.69. The number of carbonyl (C=O) groups excluding carboxylic acids is 4. The first-order valence-electron chi connectivity index (χ1n) is 10.5. The van der Waals surface area contributed by atoms with Crippen LogP contribution in [-0.2, 0) is 23.9 Å². The smallest absolute Gasteiger partial charge is 0.408 e. The molecule has 1 aromatic carbocycles. The second kappa shape index (κ2) is 12.8. The number of hydrogen-bond donors (Lipinski definition) is 3. The van der Waals surface area contributed by atoms with Crippen molar-refractivity contribution in [1.82, 2.24) is 15.5 Å². The Morgan fingerprint density at radius 3 is 2.24 bits per heavy atom. The topological polar surface area (TPSA) is 138 Å². The van der Waals surface area contributed by atoms with Crippen molar-refractivity contribution in [2.45, 2.75) is 52.3 Å². The van der Waals surface area contributed by atoms with Gasteiger partial charge in [-0.25, -0.2) is 4.79 Å². The van der Waals surface area contributed by atoms with E-state index in [0.717, 1.165) is 4.90 Å². The molecule has 2 unspecified atom stereocenters. The number of ether oxygens (including phenoxy) is 2. The Bertz CT molecular complexity index is 934. The first kappa shape index (κ1) is 28.8. The number of aryl methyl sites for hydroxylation is 2. The van der Waals surface area contributed by atoms with Crippen LogP contribution < -0.4 is 10.6 Å². The number of nitrogens with zero attached hydrogens (tertiary/aromatic N) is 2. The summed E-state index contributed by atoms with van der Waals surface area (Å²) in [7, 11) is 1.18. The van der Waals surface area contributed by atoms with Crippen molar-refractivity contribution >= 4 is 36.5 Å². The number of rotatable bonds is 9. The number of nitriles is 1. The van der Waals surface area contributed by atoms with E-state index >= 15 is 0 Å². The quantitative estimate of drug-likeness (QED) is 0.271. The lowest BCUT2D eigenvalue weighted by Gasteiger charge is -2.33. The average Bonchev–Trinajstić information content (AvgIpc) is 2.75. The Balaban J connectivity index is 3.43. The molecule has 186 valence electrons. The van der Waals surface area contributed by atoms with Crippen LogP contribution in [0.15, 0.2) is 18.2 Å². The van der Waals surface area contributed by atoms with Crippen LogP contribution in [-0.4, -0.2) is 66.4 Å². The molecule has 34 heavy (non-hydrogen) atoms. The molecule has 0 aliphatic carbocycles. The lowest BCUT2D eigenvalue weighted by atomic mass is 9.93. The van der Waals surface area contributed by atoms with E-state index < -0.39 is 54.7 Å². The Labute approximate surface area is 205 Å². The van der Waals surface area contributed by atoms with Crippen molar-refractivity contribution in [2.24, 2.45) is 0 Å². The van der Waals surface area contributed by atoms with Crippen LogP contribution in [0.2, 0.25) is 0 Å². The van der Waals surface area contributed by atoms with Crippen LogP contribution >= 0.6 is 12.6 Å². The average molecular weight is 493 g/mol. The largest absolute Gasteiger partial charge is 0.468 e. The summed E-state index contributed by atoms with van der Waals surface area (Å²) in [5.74, 6) is -2.17. The number of methoxy groups -OCH3 is 1. The van der Waals surface area contributed by atoms with E-state index in [0.29, 0.717) is 16.7 Å². The molecule has 0 heterocycles. The minimum absolute atomic E-state index is 0.108. The summed E-state index contributed by atoms with van der Waals surface area (Å²) in [6.07, 6.45) is -0.837. The highest BCUT2D eigenvalue weighted by atomic mass is 32.1. The van der Waals surface area contributed by atoms with E-state index in [-0.39, 0.29) is 5.75 Å². The van der Waals surface area contributed by atoms with E-state index in [2.05, 4.69) is 28.0 Å². The number of carbonyl (C=O) groups is 4. The van der Waals surface area contributed by atoms with Crippen LogP contribution in [0.3, 0.4) is 0 Å². The number of amides is 3. The van der Waals surface area contributed by atoms with Gasteiger partial charge in [-0.05, 0) is 51.3 Å². The predicted molar refractivity (Wildman–Crippen MR) is 128 cm³/mol. The van der Waals surface area contributed by atoms with E-state index in [9.17, 15) is 24.4 Å².